The fourth-order valence-corrected chi connectivity index (χ4v) is 2.50. The van der Waals surface area contributed by atoms with Crippen LogP contribution in [0.3, 0.4) is 0 Å². The largest absolute Gasteiger partial charge is 0.354 e. The third-order valence-electron chi connectivity index (χ3n) is 2.94. The number of hydrogen-bond donors (Lipinski definition) is 1. The smallest absolute Gasteiger partial charge is 0.128 e. The van der Waals surface area contributed by atoms with Gasteiger partial charge >= 0.3 is 0 Å². The summed E-state index contributed by atoms with van der Waals surface area (Å²) in [5, 5.41) is 6.60. The van der Waals surface area contributed by atoms with Crippen LogP contribution in [0.2, 0.25) is 0 Å². The lowest BCUT2D eigenvalue weighted by molar-refractivity contribution is 0.581. The minimum Gasteiger partial charge on any atom is -0.354 e. The van der Waals surface area contributed by atoms with E-state index in [1.807, 2.05) is 13.0 Å². The number of aromatic nitrogens is 2. The molecule has 0 aliphatic rings. The second kappa shape index (κ2) is 6.81. The summed E-state index contributed by atoms with van der Waals surface area (Å²) in [5.74, 6) is 0.985. The molecule has 0 amide bonds. The Morgan fingerprint density at radius 2 is 2.05 bits per heavy atom. The van der Waals surface area contributed by atoms with Crippen molar-refractivity contribution in [3.8, 4) is 0 Å². The Morgan fingerprint density at radius 1 is 1.25 bits per heavy atom. The molecule has 0 saturated carbocycles. The second-order valence-electron chi connectivity index (χ2n) is 5.24. The average molecular weight is 290 g/mol. The molecule has 0 unspecified atom stereocenters. The molecular formula is C15H22N4S. The number of hydrogen-bond acceptors (Lipinski definition) is 5. The van der Waals surface area contributed by atoms with Gasteiger partial charge in [0.1, 0.15) is 5.82 Å². The van der Waals surface area contributed by atoms with Crippen molar-refractivity contribution in [1.82, 2.24) is 15.3 Å². The lowest BCUT2D eigenvalue weighted by Crippen LogP contribution is -2.23. The van der Waals surface area contributed by atoms with E-state index < -0.39 is 0 Å². The highest BCUT2D eigenvalue weighted by Crippen LogP contribution is 2.15. The third kappa shape index (κ3) is 4.28. The Balaban J connectivity index is 2.02. The van der Waals surface area contributed by atoms with Crippen LogP contribution in [0.4, 0.5) is 5.82 Å². The molecule has 2 aromatic heterocycles. The zero-order valence-electron chi connectivity index (χ0n) is 12.6. The molecule has 2 aromatic rings. The van der Waals surface area contributed by atoms with Gasteiger partial charge in [0.25, 0.3) is 0 Å². The summed E-state index contributed by atoms with van der Waals surface area (Å²) in [6.45, 7) is 7.90. The highest BCUT2D eigenvalue weighted by Gasteiger charge is 2.07. The SMILES string of the molecule is Cc1nc(CN(C)c2cccc(CNC(C)C)n2)cs1. The first-order valence-corrected chi connectivity index (χ1v) is 7.74. The van der Waals surface area contributed by atoms with Crippen LogP contribution in [0.15, 0.2) is 23.6 Å². The van der Waals surface area contributed by atoms with Crippen LogP contribution in [0.25, 0.3) is 0 Å². The number of nitrogens with one attached hydrogen (secondary N) is 1. The van der Waals surface area contributed by atoms with Gasteiger partial charge in [0, 0.05) is 25.0 Å². The van der Waals surface area contributed by atoms with E-state index in [2.05, 4.69) is 58.6 Å². The predicted octanol–water partition coefficient (Wildman–Crippen LogP) is 2.98. The molecule has 20 heavy (non-hydrogen) atoms. The van der Waals surface area contributed by atoms with E-state index in [0.29, 0.717) is 6.04 Å². The summed E-state index contributed by atoms with van der Waals surface area (Å²) in [4.78, 5) is 11.3. The maximum absolute atomic E-state index is 4.69. The van der Waals surface area contributed by atoms with Gasteiger partial charge in [-0.25, -0.2) is 9.97 Å². The fourth-order valence-electron chi connectivity index (χ4n) is 1.89. The number of thiazole rings is 1. The molecule has 0 saturated heterocycles. The Labute approximate surface area is 124 Å². The van der Waals surface area contributed by atoms with Crippen LogP contribution in [0.1, 0.15) is 30.2 Å². The third-order valence-corrected chi connectivity index (χ3v) is 3.76. The lowest BCUT2D eigenvalue weighted by atomic mass is 10.3. The van der Waals surface area contributed by atoms with E-state index in [0.717, 1.165) is 35.3 Å². The van der Waals surface area contributed by atoms with Crippen molar-refractivity contribution in [2.45, 2.75) is 39.9 Å². The Kier molecular flexibility index (Phi) is 5.09. The predicted molar refractivity (Wildman–Crippen MR) is 85.2 cm³/mol. The molecule has 0 spiro atoms. The average Bonchev–Trinajstić information content (AvgIpc) is 2.82. The number of aryl methyl sites for hydroxylation is 1. The summed E-state index contributed by atoms with van der Waals surface area (Å²) in [6.07, 6.45) is 0. The monoisotopic (exact) mass is 290 g/mol. The second-order valence-corrected chi connectivity index (χ2v) is 6.30. The summed E-state index contributed by atoms with van der Waals surface area (Å²) >= 11 is 1.69. The quantitative estimate of drug-likeness (QED) is 0.888. The highest BCUT2D eigenvalue weighted by molar-refractivity contribution is 7.09. The maximum Gasteiger partial charge on any atom is 0.128 e. The topological polar surface area (TPSA) is 41.1 Å². The van der Waals surface area contributed by atoms with Crippen LogP contribution >= 0.6 is 11.3 Å². The van der Waals surface area contributed by atoms with E-state index in [1.165, 1.54) is 0 Å². The van der Waals surface area contributed by atoms with Crippen molar-refractivity contribution < 1.29 is 0 Å². The molecule has 2 rings (SSSR count). The molecule has 0 aromatic carbocycles. The van der Waals surface area contributed by atoms with Gasteiger partial charge in [-0.2, -0.15) is 0 Å². The van der Waals surface area contributed by atoms with Gasteiger partial charge in [0.05, 0.1) is 22.9 Å². The van der Waals surface area contributed by atoms with E-state index in [-0.39, 0.29) is 0 Å². The number of pyridine rings is 1. The Bertz CT molecular complexity index is 550. The van der Waals surface area contributed by atoms with Crippen LogP contribution in [-0.4, -0.2) is 23.1 Å². The lowest BCUT2D eigenvalue weighted by Gasteiger charge is -2.18. The van der Waals surface area contributed by atoms with Crippen LogP contribution < -0.4 is 10.2 Å². The van der Waals surface area contributed by atoms with Crippen molar-refractivity contribution >= 4 is 17.2 Å². The molecule has 5 heteroatoms. The van der Waals surface area contributed by atoms with E-state index >= 15 is 0 Å². The standard InChI is InChI=1S/C15H22N4S/c1-11(2)16-8-13-6-5-7-15(18-13)19(4)9-14-10-20-12(3)17-14/h5-7,10-11,16H,8-9H2,1-4H3. The molecule has 1 N–H and O–H groups in total. The van der Waals surface area contributed by atoms with Gasteiger partial charge < -0.3 is 10.2 Å². The molecule has 0 aliphatic carbocycles. The number of anilines is 1. The minimum atomic E-state index is 0.469. The molecule has 2 heterocycles. The van der Waals surface area contributed by atoms with Crippen molar-refractivity contribution in [2.75, 3.05) is 11.9 Å². The first-order chi connectivity index (χ1) is 9.54. The highest BCUT2D eigenvalue weighted by atomic mass is 32.1. The first-order valence-electron chi connectivity index (χ1n) is 6.86. The van der Waals surface area contributed by atoms with Crippen molar-refractivity contribution in [3.05, 3.63) is 40.0 Å². The summed E-state index contributed by atoms with van der Waals surface area (Å²) in [7, 11) is 2.05. The van der Waals surface area contributed by atoms with Crippen molar-refractivity contribution in [2.24, 2.45) is 0 Å². The molecular weight excluding hydrogens is 268 g/mol. The summed E-state index contributed by atoms with van der Waals surface area (Å²) < 4.78 is 0. The zero-order valence-corrected chi connectivity index (χ0v) is 13.4. The molecule has 4 nitrogen and oxygen atoms in total. The summed E-state index contributed by atoms with van der Waals surface area (Å²) in [6, 6.07) is 6.62. The molecule has 0 atom stereocenters. The molecule has 0 aliphatic heterocycles. The zero-order chi connectivity index (χ0) is 14.5. The number of nitrogens with zero attached hydrogens (tertiary/aromatic N) is 3. The van der Waals surface area contributed by atoms with Crippen LogP contribution in [-0.2, 0) is 13.1 Å². The van der Waals surface area contributed by atoms with Gasteiger partial charge in [-0.1, -0.05) is 19.9 Å². The van der Waals surface area contributed by atoms with E-state index in [4.69, 9.17) is 0 Å². The fraction of sp³-hybridized carbons (Fsp3) is 0.467. The minimum absolute atomic E-state index is 0.469. The van der Waals surface area contributed by atoms with Gasteiger partial charge in [-0.15, -0.1) is 11.3 Å². The van der Waals surface area contributed by atoms with Crippen molar-refractivity contribution in [3.63, 3.8) is 0 Å². The Morgan fingerprint density at radius 3 is 2.70 bits per heavy atom. The van der Waals surface area contributed by atoms with Gasteiger partial charge in [0.2, 0.25) is 0 Å². The van der Waals surface area contributed by atoms with Gasteiger partial charge in [0.15, 0.2) is 0 Å². The van der Waals surface area contributed by atoms with Crippen LogP contribution in [0.5, 0.6) is 0 Å². The number of rotatable bonds is 6. The van der Waals surface area contributed by atoms with E-state index in [9.17, 15) is 0 Å². The maximum atomic E-state index is 4.69. The normalized spacial score (nSPS) is 11.1. The molecule has 0 radical (unpaired) electrons. The molecule has 0 bridgehead atoms. The van der Waals surface area contributed by atoms with Crippen LogP contribution in [0, 0.1) is 6.92 Å². The Hall–Kier alpha value is -1.46. The summed E-state index contributed by atoms with van der Waals surface area (Å²) in [5.41, 5.74) is 2.17. The first kappa shape index (κ1) is 14.9. The van der Waals surface area contributed by atoms with E-state index in [1.54, 1.807) is 11.3 Å². The van der Waals surface area contributed by atoms with Crippen molar-refractivity contribution in [1.29, 1.82) is 0 Å². The molecule has 0 fully saturated rings. The van der Waals surface area contributed by atoms with Gasteiger partial charge in [-0.05, 0) is 19.1 Å². The van der Waals surface area contributed by atoms with Gasteiger partial charge in [-0.3, -0.25) is 0 Å². The molecule has 108 valence electrons.